The van der Waals surface area contributed by atoms with Crippen LogP contribution < -0.4 is 10.2 Å². The van der Waals surface area contributed by atoms with Crippen LogP contribution in [0, 0.1) is 0 Å². The first kappa shape index (κ1) is 14.7. The van der Waals surface area contributed by atoms with Gasteiger partial charge in [0.1, 0.15) is 5.82 Å². The second-order valence-corrected chi connectivity index (χ2v) is 4.68. The van der Waals surface area contributed by atoms with Crippen molar-refractivity contribution in [3.8, 4) is 0 Å². The van der Waals surface area contributed by atoms with Gasteiger partial charge in [0.25, 0.3) is 0 Å². The zero-order valence-corrected chi connectivity index (χ0v) is 12.0. The molecule has 1 N–H and O–H groups in total. The highest BCUT2D eigenvalue weighted by Gasteiger charge is 2.07. The van der Waals surface area contributed by atoms with Gasteiger partial charge >= 0.3 is 0 Å². The van der Waals surface area contributed by atoms with Crippen molar-refractivity contribution in [3.63, 3.8) is 0 Å². The molecule has 5 nitrogen and oxygen atoms in total. The van der Waals surface area contributed by atoms with E-state index in [1.165, 1.54) is 6.92 Å². The van der Waals surface area contributed by atoms with Gasteiger partial charge in [0.05, 0.1) is 6.42 Å². The van der Waals surface area contributed by atoms with Crippen LogP contribution >= 0.6 is 0 Å². The SMILES string of the molecule is CC(=O)N(C)c1ccc(CC(=O)Nc2ccccn2)cc1. The predicted molar refractivity (Wildman–Crippen MR) is 82.1 cm³/mol. The number of hydrogen-bond donors (Lipinski definition) is 1. The molecule has 0 aliphatic carbocycles. The molecule has 0 atom stereocenters. The van der Waals surface area contributed by atoms with E-state index >= 15 is 0 Å². The molecule has 2 aromatic rings. The quantitative estimate of drug-likeness (QED) is 0.936. The van der Waals surface area contributed by atoms with E-state index in [4.69, 9.17) is 0 Å². The first-order valence-electron chi connectivity index (χ1n) is 6.60. The molecule has 21 heavy (non-hydrogen) atoms. The van der Waals surface area contributed by atoms with Crippen molar-refractivity contribution in [3.05, 3.63) is 54.2 Å². The highest BCUT2D eigenvalue weighted by Crippen LogP contribution is 2.14. The summed E-state index contributed by atoms with van der Waals surface area (Å²) >= 11 is 0. The Bertz CT molecular complexity index is 624. The third-order valence-corrected chi connectivity index (χ3v) is 3.09. The van der Waals surface area contributed by atoms with Crippen molar-refractivity contribution in [2.24, 2.45) is 0 Å². The van der Waals surface area contributed by atoms with Crippen LogP contribution in [-0.2, 0) is 16.0 Å². The van der Waals surface area contributed by atoms with Gasteiger partial charge in [-0.2, -0.15) is 0 Å². The number of carbonyl (C=O) groups is 2. The molecule has 1 heterocycles. The molecule has 0 saturated carbocycles. The molecule has 2 rings (SSSR count). The lowest BCUT2D eigenvalue weighted by Crippen LogP contribution is -2.22. The van der Waals surface area contributed by atoms with E-state index in [9.17, 15) is 9.59 Å². The van der Waals surface area contributed by atoms with Crippen molar-refractivity contribution in [1.82, 2.24) is 4.98 Å². The average molecular weight is 283 g/mol. The van der Waals surface area contributed by atoms with Crippen molar-refractivity contribution < 1.29 is 9.59 Å². The molecular formula is C16H17N3O2. The normalized spacial score (nSPS) is 10.0. The summed E-state index contributed by atoms with van der Waals surface area (Å²) in [4.78, 5) is 28.8. The summed E-state index contributed by atoms with van der Waals surface area (Å²) in [5, 5.41) is 2.73. The summed E-state index contributed by atoms with van der Waals surface area (Å²) in [6.45, 7) is 1.51. The Morgan fingerprint density at radius 2 is 1.86 bits per heavy atom. The molecule has 2 amide bonds. The highest BCUT2D eigenvalue weighted by molar-refractivity contribution is 5.92. The number of nitrogens with zero attached hydrogens (tertiary/aromatic N) is 2. The maximum absolute atomic E-state index is 11.9. The summed E-state index contributed by atoms with van der Waals surface area (Å²) in [5.41, 5.74) is 1.68. The van der Waals surface area contributed by atoms with Gasteiger partial charge in [-0.1, -0.05) is 18.2 Å². The summed E-state index contributed by atoms with van der Waals surface area (Å²) in [7, 11) is 1.71. The largest absolute Gasteiger partial charge is 0.316 e. The minimum absolute atomic E-state index is 0.0318. The van der Waals surface area contributed by atoms with Gasteiger partial charge < -0.3 is 10.2 Å². The molecule has 5 heteroatoms. The van der Waals surface area contributed by atoms with E-state index in [0.717, 1.165) is 11.3 Å². The van der Waals surface area contributed by atoms with E-state index in [1.54, 1.807) is 30.3 Å². The van der Waals surface area contributed by atoms with Crippen LogP contribution in [0.1, 0.15) is 12.5 Å². The number of aromatic nitrogens is 1. The van der Waals surface area contributed by atoms with E-state index in [1.807, 2.05) is 30.3 Å². The number of nitrogens with one attached hydrogen (secondary N) is 1. The molecule has 0 saturated heterocycles. The van der Waals surface area contributed by atoms with Crippen molar-refractivity contribution >= 4 is 23.3 Å². The second-order valence-electron chi connectivity index (χ2n) is 4.68. The summed E-state index contributed by atoms with van der Waals surface area (Å²) in [5.74, 6) is 0.382. The van der Waals surface area contributed by atoms with Gasteiger partial charge in [0.2, 0.25) is 11.8 Å². The minimum Gasteiger partial charge on any atom is -0.316 e. The molecule has 0 fully saturated rings. The van der Waals surface area contributed by atoms with Crippen LogP contribution in [0.5, 0.6) is 0 Å². The minimum atomic E-state index is -0.124. The molecule has 0 spiro atoms. The number of pyridine rings is 1. The molecule has 0 bridgehead atoms. The Balaban J connectivity index is 1.97. The van der Waals surface area contributed by atoms with E-state index in [2.05, 4.69) is 10.3 Å². The van der Waals surface area contributed by atoms with Crippen LogP contribution in [0.2, 0.25) is 0 Å². The number of rotatable bonds is 4. The number of benzene rings is 1. The Morgan fingerprint density at radius 1 is 1.14 bits per heavy atom. The molecule has 0 aliphatic heterocycles. The van der Waals surface area contributed by atoms with E-state index in [0.29, 0.717) is 5.82 Å². The van der Waals surface area contributed by atoms with Gasteiger partial charge in [-0.25, -0.2) is 4.98 Å². The Labute approximate surface area is 123 Å². The summed E-state index contributed by atoms with van der Waals surface area (Å²) in [6, 6.07) is 12.7. The molecule has 0 radical (unpaired) electrons. The maximum atomic E-state index is 11.9. The van der Waals surface area contributed by atoms with Crippen LogP contribution in [0.4, 0.5) is 11.5 Å². The Kier molecular flexibility index (Phi) is 4.66. The first-order valence-corrected chi connectivity index (χ1v) is 6.60. The zero-order chi connectivity index (χ0) is 15.2. The van der Waals surface area contributed by atoms with Crippen LogP contribution in [-0.4, -0.2) is 23.8 Å². The Hall–Kier alpha value is -2.69. The molecular weight excluding hydrogens is 266 g/mol. The van der Waals surface area contributed by atoms with Gasteiger partial charge in [-0.3, -0.25) is 9.59 Å². The van der Waals surface area contributed by atoms with E-state index < -0.39 is 0 Å². The monoisotopic (exact) mass is 283 g/mol. The lowest BCUT2D eigenvalue weighted by molar-refractivity contribution is -0.116. The first-order chi connectivity index (χ1) is 10.1. The van der Waals surface area contributed by atoms with E-state index in [-0.39, 0.29) is 18.2 Å². The lowest BCUT2D eigenvalue weighted by atomic mass is 10.1. The number of amides is 2. The van der Waals surface area contributed by atoms with Crippen LogP contribution in [0.25, 0.3) is 0 Å². The number of anilines is 2. The fraction of sp³-hybridized carbons (Fsp3) is 0.188. The topological polar surface area (TPSA) is 62.3 Å². The second kappa shape index (κ2) is 6.65. The lowest BCUT2D eigenvalue weighted by Gasteiger charge is -2.15. The molecule has 108 valence electrons. The number of carbonyl (C=O) groups excluding carboxylic acids is 2. The predicted octanol–water partition coefficient (Wildman–Crippen LogP) is 2.25. The van der Waals surface area contributed by atoms with Crippen LogP contribution in [0.3, 0.4) is 0 Å². The Morgan fingerprint density at radius 3 is 2.43 bits per heavy atom. The zero-order valence-electron chi connectivity index (χ0n) is 12.0. The smallest absolute Gasteiger partial charge is 0.229 e. The van der Waals surface area contributed by atoms with Gasteiger partial charge in [-0.05, 0) is 29.8 Å². The van der Waals surface area contributed by atoms with Crippen molar-refractivity contribution in [2.75, 3.05) is 17.3 Å². The van der Waals surface area contributed by atoms with Crippen molar-refractivity contribution in [2.45, 2.75) is 13.3 Å². The third kappa shape index (κ3) is 4.14. The average Bonchev–Trinajstić information content (AvgIpc) is 2.48. The summed E-state index contributed by atoms with van der Waals surface area (Å²) in [6.07, 6.45) is 1.89. The van der Waals surface area contributed by atoms with Crippen molar-refractivity contribution in [1.29, 1.82) is 0 Å². The third-order valence-electron chi connectivity index (χ3n) is 3.09. The van der Waals surface area contributed by atoms with Gasteiger partial charge in [0, 0.05) is 25.9 Å². The van der Waals surface area contributed by atoms with Gasteiger partial charge in [-0.15, -0.1) is 0 Å². The van der Waals surface area contributed by atoms with Gasteiger partial charge in [0.15, 0.2) is 0 Å². The summed E-state index contributed by atoms with van der Waals surface area (Å²) < 4.78 is 0. The molecule has 1 aromatic heterocycles. The number of hydrogen-bond acceptors (Lipinski definition) is 3. The maximum Gasteiger partial charge on any atom is 0.229 e. The van der Waals surface area contributed by atoms with Crippen LogP contribution in [0.15, 0.2) is 48.7 Å². The molecule has 0 aliphatic rings. The molecule has 0 unspecified atom stereocenters. The standard InChI is InChI=1S/C16H17N3O2/c1-12(20)19(2)14-8-6-13(7-9-14)11-16(21)18-15-5-3-4-10-17-15/h3-10H,11H2,1-2H3,(H,17,18,21). The fourth-order valence-corrected chi connectivity index (χ4v) is 1.83. The molecule has 1 aromatic carbocycles. The highest BCUT2D eigenvalue weighted by atomic mass is 16.2. The fourth-order valence-electron chi connectivity index (χ4n) is 1.83.